The third kappa shape index (κ3) is 4.35. The lowest BCUT2D eigenvalue weighted by Gasteiger charge is -2.17. The van der Waals surface area contributed by atoms with Gasteiger partial charge in [-0.3, -0.25) is 4.79 Å². The van der Waals surface area contributed by atoms with Gasteiger partial charge in [-0.15, -0.1) is 0 Å². The third-order valence-corrected chi connectivity index (χ3v) is 4.56. The van der Waals surface area contributed by atoms with Crippen LogP contribution in [0.1, 0.15) is 49.8 Å². The Bertz CT molecular complexity index is 667. The van der Waals surface area contributed by atoms with Crippen LogP contribution in [0.2, 0.25) is 5.02 Å². The first kappa shape index (κ1) is 17.6. The van der Waals surface area contributed by atoms with E-state index in [1.165, 1.54) is 5.56 Å². The number of aryl methyl sites for hydroxylation is 1. The fraction of sp³-hybridized carbons (Fsp3) is 0.350. The zero-order chi connectivity index (χ0) is 16.8. The first-order valence-corrected chi connectivity index (χ1v) is 8.59. The van der Waals surface area contributed by atoms with Gasteiger partial charge in [0.1, 0.15) is 0 Å². The van der Waals surface area contributed by atoms with E-state index in [1.54, 1.807) is 0 Å². The number of hydrogen-bond donors (Lipinski definition) is 1. The number of carbonyl (C=O) groups is 1. The van der Waals surface area contributed by atoms with Crippen LogP contribution in [0.4, 0.5) is 5.69 Å². The van der Waals surface area contributed by atoms with Crippen LogP contribution in [-0.2, 0) is 17.6 Å². The highest BCUT2D eigenvalue weighted by Gasteiger charge is 2.16. The first-order valence-electron chi connectivity index (χ1n) is 8.21. The summed E-state index contributed by atoms with van der Waals surface area (Å²) < 4.78 is 0. The Balaban J connectivity index is 2.15. The van der Waals surface area contributed by atoms with Gasteiger partial charge < -0.3 is 5.32 Å². The molecule has 0 aliphatic heterocycles. The van der Waals surface area contributed by atoms with Gasteiger partial charge in [-0.25, -0.2) is 0 Å². The number of amides is 1. The van der Waals surface area contributed by atoms with Crippen LogP contribution in [0.3, 0.4) is 0 Å². The molecule has 0 aliphatic carbocycles. The summed E-state index contributed by atoms with van der Waals surface area (Å²) in [6, 6.07) is 14.0. The van der Waals surface area contributed by atoms with E-state index in [0.29, 0.717) is 6.42 Å². The van der Waals surface area contributed by atoms with Crippen molar-refractivity contribution in [2.24, 2.45) is 0 Å². The van der Waals surface area contributed by atoms with Crippen molar-refractivity contribution in [3.63, 3.8) is 0 Å². The molecule has 0 bridgehead atoms. The Hall–Kier alpha value is -1.80. The minimum absolute atomic E-state index is 0.0352. The van der Waals surface area contributed by atoms with Crippen molar-refractivity contribution in [3.05, 3.63) is 64.2 Å². The summed E-state index contributed by atoms with van der Waals surface area (Å²) >= 11 is 6.29. The number of nitrogens with one attached hydrogen (secondary N) is 1. The standard InChI is InChI=1S/C20H24ClNO/c1-4-15-11-12-18(21)17(5-2)20(15)22-19(23)13-14(3)16-9-7-6-8-10-16/h6-12,14H,4-5,13H2,1-3H3,(H,22,23)/t14-/m1/s1. The molecule has 23 heavy (non-hydrogen) atoms. The average molecular weight is 330 g/mol. The highest BCUT2D eigenvalue weighted by atomic mass is 35.5. The quantitative estimate of drug-likeness (QED) is 0.734. The van der Waals surface area contributed by atoms with Gasteiger partial charge in [0.15, 0.2) is 0 Å². The molecule has 0 saturated heterocycles. The van der Waals surface area contributed by atoms with Crippen LogP contribution >= 0.6 is 11.6 Å². The summed E-state index contributed by atoms with van der Waals surface area (Å²) in [7, 11) is 0. The molecule has 0 saturated carbocycles. The van der Waals surface area contributed by atoms with E-state index in [2.05, 4.69) is 38.2 Å². The van der Waals surface area contributed by atoms with Gasteiger partial charge in [0.05, 0.1) is 0 Å². The smallest absolute Gasteiger partial charge is 0.224 e. The zero-order valence-electron chi connectivity index (χ0n) is 14.0. The summed E-state index contributed by atoms with van der Waals surface area (Å²) in [6.07, 6.45) is 2.13. The van der Waals surface area contributed by atoms with Gasteiger partial charge in [-0.1, -0.05) is 68.8 Å². The van der Waals surface area contributed by atoms with Crippen molar-refractivity contribution in [1.82, 2.24) is 0 Å². The second-order valence-corrected chi connectivity index (χ2v) is 6.24. The Morgan fingerprint density at radius 3 is 2.39 bits per heavy atom. The normalized spacial score (nSPS) is 12.0. The fourth-order valence-electron chi connectivity index (χ4n) is 2.83. The molecule has 0 heterocycles. The van der Waals surface area contributed by atoms with E-state index < -0.39 is 0 Å². The predicted octanol–water partition coefficient (Wildman–Crippen LogP) is 5.60. The maximum Gasteiger partial charge on any atom is 0.224 e. The van der Waals surface area contributed by atoms with Crippen LogP contribution in [0.25, 0.3) is 0 Å². The van der Waals surface area contributed by atoms with Crippen LogP contribution in [0.5, 0.6) is 0 Å². The summed E-state index contributed by atoms with van der Waals surface area (Å²) in [5, 5.41) is 3.82. The molecule has 0 aliphatic rings. The van der Waals surface area contributed by atoms with Gasteiger partial charge in [-0.05, 0) is 41.5 Å². The van der Waals surface area contributed by atoms with Crippen molar-refractivity contribution >= 4 is 23.2 Å². The Morgan fingerprint density at radius 1 is 1.09 bits per heavy atom. The number of carbonyl (C=O) groups excluding carboxylic acids is 1. The molecule has 1 atom stereocenters. The molecule has 2 aromatic carbocycles. The van der Waals surface area contributed by atoms with Crippen LogP contribution < -0.4 is 5.32 Å². The van der Waals surface area contributed by atoms with Crippen molar-refractivity contribution in [1.29, 1.82) is 0 Å². The molecule has 0 aromatic heterocycles. The minimum Gasteiger partial charge on any atom is -0.326 e. The van der Waals surface area contributed by atoms with E-state index in [-0.39, 0.29) is 11.8 Å². The van der Waals surface area contributed by atoms with Gasteiger partial charge in [0.2, 0.25) is 5.91 Å². The summed E-state index contributed by atoms with van der Waals surface area (Å²) in [5.74, 6) is 0.221. The highest BCUT2D eigenvalue weighted by molar-refractivity contribution is 6.32. The Labute approximate surface area is 143 Å². The number of rotatable bonds is 6. The lowest BCUT2D eigenvalue weighted by Crippen LogP contribution is -2.17. The molecule has 3 heteroatoms. The molecule has 122 valence electrons. The van der Waals surface area contributed by atoms with E-state index >= 15 is 0 Å². The summed E-state index contributed by atoms with van der Waals surface area (Å²) in [5.41, 5.74) is 4.23. The molecule has 1 amide bonds. The van der Waals surface area contributed by atoms with Gasteiger partial charge in [-0.2, -0.15) is 0 Å². The number of halogens is 1. The molecule has 0 radical (unpaired) electrons. The molecular formula is C20H24ClNO. The van der Waals surface area contributed by atoms with Crippen molar-refractivity contribution < 1.29 is 4.79 Å². The molecular weight excluding hydrogens is 306 g/mol. The molecule has 2 aromatic rings. The number of hydrogen-bond acceptors (Lipinski definition) is 1. The van der Waals surface area contributed by atoms with Crippen LogP contribution in [0, 0.1) is 0 Å². The Kier molecular flexibility index (Phi) is 6.23. The fourth-order valence-corrected chi connectivity index (χ4v) is 3.13. The maximum atomic E-state index is 12.5. The molecule has 0 spiro atoms. The summed E-state index contributed by atoms with van der Waals surface area (Å²) in [4.78, 5) is 12.5. The molecule has 0 fully saturated rings. The zero-order valence-corrected chi connectivity index (χ0v) is 14.8. The van der Waals surface area contributed by atoms with Gasteiger partial charge in [0, 0.05) is 17.1 Å². The lowest BCUT2D eigenvalue weighted by molar-refractivity contribution is -0.116. The predicted molar refractivity (Wildman–Crippen MR) is 98.3 cm³/mol. The van der Waals surface area contributed by atoms with Crippen molar-refractivity contribution in [3.8, 4) is 0 Å². The molecule has 2 rings (SSSR count). The summed E-state index contributed by atoms with van der Waals surface area (Å²) in [6.45, 7) is 6.22. The van der Waals surface area contributed by atoms with Crippen molar-refractivity contribution in [2.45, 2.75) is 46.0 Å². The SMILES string of the molecule is CCc1ccc(Cl)c(CC)c1NC(=O)C[C@@H](C)c1ccccc1. The average Bonchev–Trinajstić information content (AvgIpc) is 2.56. The minimum atomic E-state index is 0.0352. The van der Waals surface area contributed by atoms with E-state index in [0.717, 1.165) is 34.7 Å². The van der Waals surface area contributed by atoms with Crippen LogP contribution in [-0.4, -0.2) is 5.91 Å². The number of anilines is 1. The van der Waals surface area contributed by atoms with E-state index in [9.17, 15) is 4.79 Å². The van der Waals surface area contributed by atoms with Crippen LogP contribution in [0.15, 0.2) is 42.5 Å². The van der Waals surface area contributed by atoms with Gasteiger partial charge in [0.25, 0.3) is 0 Å². The largest absolute Gasteiger partial charge is 0.326 e. The van der Waals surface area contributed by atoms with E-state index in [4.69, 9.17) is 11.6 Å². The second-order valence-electron chi connectivity index (χ2n) is 5.83. The topological polar surface area (TPSA) is 29.1 Å². The number of benzene rings is 2. The lowest BCUT2D eigenvalue weighted by atomic mass is 9.97. The van der Waals surface area contributed by atoms with E-state index in [1.807, 2.05) is 30.3 Å². The second kappa shape index (κ2) is 8.16. The molecule has 1 N–H and O–H groups in total. The highest BCUT2D eigenvalue weighted by Crippen LogP contribution is 2.30. The molecule has 2 nitrogen and oxygen atoms in total. The van der Waals surface area contributed by atoms with Crippen molar-refractivity contribution in [2.75, 3.05) is 5.32 Å². The Morgan fingerprint density at radius 2 is 1.78 bits per heavy atom. The monoisotopic (exact) mass is 329 g/mol. The maximum absolute atomic E-state index is 12.5. The first-order chi connectivity index (χ1) is 11.1. The van der Waals surface area contributed by atoms with Gasteiger partial charge >= 0.3 is 0 Å². The third-order valence-electron chi connectivity index (χ3n) is 4.20. The molecule has 0 unspecified atom stereocenters.